The maximum atomic E-state index is 12.7. The van der Waals surface area contributed by atoms with Crippen molar-refractivity contribution in [1.82, 2.24) is 5.43 Å². The highest BCUT2D eigenvalue weighted by molar-refractivity contribution is 9.10. The number of nitrogens with one attached hydrogen (secondary N) is 1. The Kier molecular flexibility index (Phi) is 7.01. The number of carbonyl (C=O) groups excluding carboxylic acids is 1. The maximum Gasteiger partial charge on any atom is 0.416 e. The van der Waals surface area contributed by atoms with Gasteiger partial charge >= 0.3 is 6.18 Å². The van der Waals surface area contributed by atoms with Crippen molar-refractivity contribution in [1.29, 1.82) is 0 Å². The molecule has 0 saturated heterocycles. The topological polar surface area (TPSA) is 50.7 Å². The second-order valence-electron chi connectivity index (χ2n) is 5.80. The number of hydrogen-bond acceptors (Lipinski definition) is 3. The number of nitrogens with zero attached hydrogens (tertiary/aromatic N) is 1. The molecule has 2 aromatic rings. The molecule has 1 atom stereocenters. The number of hydrogen-bond donors (Lipinski definition) is 1. The summed E-state index contributed by atoms with van der Waals surface area (Å²) in [5.74, 6) is -0.0392. The van der Waals surface area contributed by atoms with Crippen LogP contribution in [0.25, 0.3) is 0 Å². The summed E-state index contributed by atoms with van der Waals surface area (Å²) in [7, 11) is 0. The molecule has 0 aromatic heterocycles. The second kappa shape index (κ2) is 9.03. The van der Waals surface area contributed by atoms with E-state index in [0.29, 0.717) is 11.3 Å². The summed E-state index contributed by atoms with van der Waals surface area (Å²) < 4.78 is 44.6. The highest BCUT2D eigenvalue weighted by Crippen LogP contribution is 2.29. The zero-order valence-corrected chi connectivity index (χ0v) is 16.3. The number of benzene rings is 2. The van der Waals surface area contributed by atoms with Crippen molar-refractivity contribution in [2.75, 3.05) is 0 Å². The molecule has 1 N–H and O–H groups in total. The third-order valence-corrected chi connectivity index (χ3v) is 4.31. The van der Waals surface area contributed by atoms with Crippen LogP contribution in [-0.4, -0.2) is 18.2 Å². The van der Waals surface area contributed by atoms with Crippen LogP contribution in [0.4, 0.5) is 13.2 Å². The monoisotopic (exact) mass is 442 g/mol. The van der Waals surface area contributed by atoms with E-state index in [9.17, 15) is 18.0 Å². The molecule has 0 heterocycles. The molecule has 0 fully saturated rings. The molecule has 0 aliphatic heterocycles. The first kappa shape index (κ1) is 21.0. The average Bonchev–Trinajstić information content (AvgIpc) is 2.63. The Labute approximate surface area is 163 Å². The number of amides is 1. The molecular weight excluding hydrogens is 425 g/mol. The van der Waals surface area contributed by atoms with Gasteiger partial charge in [0, 0.05) is 5.56 Å². The van der Waals surface area contributed by atoms with Crippen LogP contribution in [0.2, 0.25) is 0 Å². The van der Waals surface area contributed by atoms with Crippen LogP contribution in [0.1, 0.15) is 41.8 Å². The number of rotatable bonds is 6. The summed E-state index contributed by atoms with van der Waals surface area (Å²) >= 11 is 3.41. The molecule has 4 nitrogen and oxygen atoms in total. The smallest absolute Gasteiger partial charge is 0.416 e. The Morgan fingerprint density at radius 1 is 1.30 bits per heavy atom. The lowest BCUT2D eigenvalue weighted by atomic mass is 10.1. The predicted octanol–water partition coefficient (Wildman–Crippen LogP) is 5.41. The van der Waals surface area contributed by atoms with Crippen molar-refractivity contribution in [3.63, 3.8) is 0 Å². The molecule has 8 heteroatoms. The molecule has 0 aliphatic rings. The van der Waals surface area contributed by atoms with E-state index < -0.39 is 17.6 Å². The van der Waals surface area contributed by atoms with E-state index in [4.69, 9.17) is 4.74 Å². The molecule has 1 amide bonds. The minimum atomic E-state index is -4.51. The third-order valence-electron chi connectivity index (χ3n) is 3.69. The van der Waals surface area contributed by atoms with Crippen LogP contribution < -0.4 is 10.2 Å². The van der Waals surface area contributed by atoms with Gasteiger partial charge in [-0.25, -0.2) is 5.43 Å². The van der Waals surface area contributed by atoms with Gasteiger partial charge in [0.25, 0.3) is 5.91 Å². The van der Waals surface area contributed by atoms with Crippen LogP contribution in [0.3, 0.4) is 0 Å². The first-order valence-electron chi connectivity index (χ1n) is 8.17. The van der Waals surface area contributed by atoms with Crippen molar-refractivity contribution in [3.05, 3.63) is 63.6 Å². The molecule has 0 saturated carbocycles. The number of ether oxygens (including phenoxy) is 1. The maximum absolute atomic E-state index is 12.7. The van der Waals surface area contributed by atoms with E-state index in [0.717, 1.165) is 23.0 Å². The summed E-state index contributed by atoms with van der Waals surface area (Å²) in [6.07, 6.45) is -2.17. The van der Waals surface area contributed by atoms with Crippen molar-refractivity contribution in [3.8, 4) is 5.75 Å². The highest BCUT2D eigenvalue weighted by Gasteiger charge is 2.30. The van der Waals surface area contributed by atoms with Gasteiger partial charge in [0.2, 0.25) is 0 Å². The van der Waals surface area contributed by atoms with E-state index in [1.807, 2.05) is 13.8 Å². The highest BCUT2D eigenvalue weighted by atomic mass is 79.9. The summed E-state index contributed by atoms with van der Waals surface area (Å²) in [5, 5.41) is 3.79. The molecule has 0 bridgehead atoms. The Bertz CT molecular complexity index is 838. The minimum absolute atomic E-state index is 0.0765. The fraction of sp³-hybridized carbons (Fsp3) is 0.263. The van der Waals surface area contributed by atoms with E-state index in [-0.39, 0.29) is 11.7 Å². The summed E-state index contributed by atoms with van der Waals surface area (Å²) in [6.45, 7) is 3.98. The normalized spacial score (nSPS) is 12.8. The van der Waals surface area contributed by atoms with E-state index in [1.54, 1.807) is 18.2 Å². The van der Waals surface area contributed by atoms with Gasteiger partial charge in [-0.05, 0) is 71.2 Å². The summed E-state index contributed by atoms with van der Waals surface area (Å²) in [5.41, 5.74) is 1.89. The quantitative estimate of drug-likeness (QED) is 0.480. The zero-order chi connectivity index (χ0) is 20.0. The minimum Gasteiger partial charge on any atom is -0.490 e. The van der Waals surface area contributed by atoms with Gasteiger partial charge in [0.05, 0.1) is 22.4 Å². The van der Waals surface area contributed by atoms with Gasteiger partial charge in [-0.3, -0.25) is 4.79 Å². The molecule has 27 heavy (non-hydrogen) atoms. The standard InChI is InChI=1S/C19H18BrF3N2O2/c1-3-12(2)27-17-8-7-13(9-16(17)20)11-24-25-18(26)14-5-4-6-15(10-14)19(21,22)23/h4-12H,3H2,1-2H3,(H,25,26)/b24-11-/t12-/m1/s1. The van der Waals surface area contributed by atoms with Gasteiger partial charge in [0.1, 0.15) is 5.75 Å². The first-order chi connectivity index (χ1) is 12.7. The molecule has 0 aliphatic carbocycles. The summed E-state index contributed by atoms with van der Waals surface area (Å²) in [4.78, 5) is 12.0. The van der Waals surface area contributed by atoms with Crippen molar-refractivity contribution >= 4 is 28.1 Å². The Morgan fingerprint density at radius 2 is 2.04 bits per heavy atom. The second-order valence-corrected chi connectivity index (χ2v) is 6.66. The van der Waals surface area contributed by atoms with E-state index in [2.05, 4.69) is 26.5 Å². The lowest BCUT2D eigenvalue weighted by molar-refractivity contribution is -0.137. The van der Waals surface area contributed by atoms with Gasteiger partial charge in [-0.1, -0.05) is 13.0 Å². The fourth-order valence-electron chi connectivity index (χ4n) is 2.06. The van der Waals surface area contributed by atoms with Gasteiger partial charge in [0.15, 0.2) is 0 Å². The molecular formula is C19H18BrF3N2O2. The van der Waals surface area contributed by atoms with Gasteiger partial charge in [-0.15, -0.1) is 0 Å². The van der Waals surface area contributed by atoms with Crippen LogP contribution >= 0.6 is 15.9 Å². The van der Waals surface area contributed by atoms with Crippen LogP contribution in [0, 0.1) is 0 Å². The Morgan fingerprint density at radius 3 is 2.67 bits per heavy atom. The number of carbonyl (C=O) groups is 1. The lowest BCUT2D eigenvalue weighted by Gasteiger charge is -2.14. The lowest BCUT2D eigenvalue weighted by Crippen LogP contribution is -2.18. The zero-order valence-electron chi connectivity index (χ0n) is 14.7. The third kappa shape index (κ3) is 6.09. The van der Waals surface area contributed by atoms with Crippen LogP contribution in [0.5, 0.6) is 5.75 Å². The van der Waals surface area contributed by atoms with Gasteiger partial charge < -0.3 is 4.74 Å². The van der Waals surface area contributed by atoms with Crippen molar-refractivity contribution in [2.24, 2.45) is 5.10 Å². The SMILES string of the molecule is CC[C@@H](C)Oc1ccc(/C=N\NC(=O)c2cccc(C(F)(F)F)c2)cc1Br. The van der Waals surface area contributed by atoms with Crippen molar-refractivity contribution in [2.45, 2.75) is 32.5 Å². The fourth-order valence-corrected chi connectivity index (χ4v) is 2.55. The molecule has 0 unspecified atom stereocenters. The first-order valence-corrected chi connectivity index (χ1v) is 8.97. The number of hydrazone groups is 1. The number of halogens is 4. The number of alkyl halides is 3. The van der Waals surface area contributed by atoms with Crippen molar-refractivity contribution < 1.29 is 22.7 Å². The summed E-state index contributed by atoms with van der Waals surface area (Å²) in [6, 6.07) is 9.43. The van der Waals surface area contributed by atoms with Crippen LogP contribution in [-0.2, 0) is 6.18 Å². The van der Waals surface area contributed by atoms with Gasteiger partial charge in [-0.2, -0.15) is 18.3 Å². The molecule has 0 spiro atoms. The predicted molar refractivity (Wildman–Crippen MR) is 101 cm³/mol. The largest absolute Gasteiger partial charge is 0.490 e. The molecule has 0 radical (unpaired) electrons. The van der Waals surface area contributed by atoms with Crippen LogP contribution in [0.15, 0.2) is 52.0 Å². The average molecular weight is 443 g/mol. The van der Waals surface area contributed by atoms with E-state index >= 15 is 0 Å². The molecule has 2 aromatic carbocycles. The molecule has 144 valence electrons. The Hall–Kier alpha value is -2.35. The Balaban J connectivity index is 2.03. The van der Waals surface area contributed by atoms with E-state index in [1.165, 1.54) is 18.3 Å². The molecule has 2 rings (SSSR count).